The molecule has 0 aliphatic carbocycles. The second kappa shape index (κ2) is 5.31. The quantitative estimate of drug-likeness (QED) is 0.879. The van der Waals surface area contributed by atoms with Crippen molar-refractivity contribution in [2.45, 2.75) is 46.1 Å². The summed E-state index contributed by atoms with van der Waals surface area (Å²) in [6, 6.07) is 8.41. The van der Waals surface area contributed by atoms with Crippen molar-refractivity contribution in [2.75, 3.05) is 18.0 Å². The van der Waals surface area contributed by atoms with Crippen LogP contribution in [0.15, 0.2) is 24.3 Å². The summed E-state index contributed by atoms with van der Waals surface area (Å²) < 4.78 is 0. The van der Waals surface area contributed by atoms with E-state index in [-0.39, 0.29) is 6.10 Å². The number of benzene rings is 1. The number of aliphatic hydroxyl groups is 1. The van der Waals surface area contributed by atoms with Gasteiger partial charge in [-0.05, 0) is 42.4 Å². The van der Waals surface area contributed by atoms with Gasteiger partial charge in [0.1, 0.15) is 0 Å². The fourth-order valence-electron chi connectivity index (χ4n) is 2.51. The van der Waals surface area contributed by atoms with Gasteiger partial charge in [0.2, 0.25) is 0 Å². The Morgan fingerprint density at radius 1 is 1.17 bits per heavy atom. The van der Waals surface area contributed by atoms with E-state index in [9.17, 15) is 5.11 Å². The third-order valence-corrected chi connectivity index (χ3v) is 4.15. The number of piperidine rings is 1. The van der Waals surface area contributed by atoms with Gasteiger partial charge in [-0.3, -0.25) is 0 Å². The molecule has 2 nitrogen and oxygen atoms in total. The van der Waals surface area contributed by atoms with Crippen molar-refractivity contribution in [3.63, 3.8) is 0 Å². The lowest BCUT2D eigenvalue weighted by Crippen LogP contribution is -2.37. The maximum Gasteiger partial charge on any atom is 0.0787 e. The average molecular weight is 247 g/mol. The first kappa shape index (κ1) is 13.4. The van der Waals surface area contributed by atoms with Crippen LogP contribution in [0.5, 0.6) is 0 Å². The molecular weight excluding hydrogens is 222 g/mol. The van der Waals surface area contributed by atoms with E-state index in [0.717, 1.165) is 25.1 Å². The van der Waals surface area contributed by atoms with Crippen LogP contribution in [0.2, 0.25) is 0 Å². The molecule has 0 unspecified atom stereocenters. The molecule has 2 rings (SSSR count). The number of hydrogen-bond donors (Lipinski definition) is 1. The lowest BCUT2D eigenvalue weighted by Gasteiger charge is -2.38. The second-order valence-corrected chi connectivity index (χ2v) is 6.17. The van der Waals surface area contributed by atoms with Gasteiger partial charge in [-0.1, -0.05) is 32.9 Å². The van der Waals surface area contributed by atoms with E-state index in [2.05, 4.69) is 43.0 Å². The molecule has 2 heteroatoms. The highest BCUT2D eigenvalue weighted by Gasteiger charge is 2.25. The zero-order valence-corrected chi connectivity index (χ0v) is 11.8. The second-order valence-electron chi connectivity index (χ2n) is 6.17. The Morgan fingerprint density at radius 2 is 1.72 bits per heavy atom. The molecule has 0 radical (unpaired) electrons. The highest BCUT2D eigenvalue weighted by molar-refractivity contribution is 5.48. The van der Waals surface area contributed by atoms with Crippen LogP contribution in [0, 0.1) is 5.41 Å². The van der Waals surface area contributed by atoms with Crippen LogP contribution in [0.3, 0.4) is 0 Å². The molecule has 1 atom stereocenters. The van der Waals surface area contributed by atoms with Gasteiger partial charge in [0, 0.05) is 18.8 Å². The minimum Gasteiger partial charge on any atom is -0.388 e. The molecule has 0 aromatic heterocycles. The van der Waals surface area contributed by atoms with Gasteiger partial charge in [0.15, 0.2) is 0 Å². The van der Waals surface area contributed by atoms with E-state index in [1.165, 1.54) is 18.5 Å². The summed E-state index contributed by atoms with van der Waals surface area (Å²) in [6.07, 6.45) is 2.97. The minimum absolute atomic E-state index is 0.320. The van der Waals surface area contributed by atoms with Gasteiger partial charge in [-0.15, -0.1) is 0 Å². The monoisotopic (exact) mass is 247 g/mol. The molecule has 1 N–H and O–H groups in total. The highest BCUT2D eigenvalue weighted by Crippen LogP contribution is 2.32. The molecule has 18 heavy (non-hydrogen) atoms. The molecule has 1 heterocycles. The Balaban J connectivity index is 2.02. The van der Waals surface area contributed by atoms with Crippen LogP contribution in [0.1, 0.15) is 51.7 Å². The molecule has 1 aromatic carbocycles. The molecule has 1 aliphatic heterocycles. The molecule has 0 spiro atoms. The number of aliphatic hydroxyl groups excluding tert-OH is 1. The van der Waals surface area contributed by atoms with E-state index >= 15 is 0 Å². The predicted octanol–water partition coefficient (Wildman–Crippen LogP) is 3.76. The van der Waals surface area contributed by atoms with Crippen molar-refractivity contribution in [3.05, 3.63) is 29.8 Å². The lowest BCUT2D eigenvalue weighted by atomic mass is 9.82. The predicted molar refractivity (Wildman–Crippen MR) is 76.9 cm³/mol. The first-order valence-electron chi connectivity index (χ1n) is 7.05. The van der Waals surface area contributed by atoms with E-state index in [4.69, 9.17) is 0 Å². The fourth-order valence-corrected chi connectivity index (χ4v) is 2.51. The van der Waals surface area contributed by atoms with E-state index in [1.54, 1.807) is 0 Å². The molecule has 1 aromatic rings. The number of nitrogens with zero attached hydrogens (tertiary/aromatic N) is 1. The zero-order valence-electron chi connectivity index (χ0n) is 11.8. The maximum absolute atomic E-state index is 9.79. The Hall–Kier alpha value is -1.02. The van der Waals surface area contributed by atoms with E-state index in [1.807, 2.05) is 6.92 Å². The summed E-state index contributed by atoms with van der Waals surface area (Å²) in [5.41, 5.74) is 2.81. The Kier molecular flexibility index (Phi) is 3.96. The van der Waals surface area contributed by atoms with Crippen LogP contribution in [0.25, 0.3) is 0 Å². The molecule has 1 fully saturated rings. The molecule has 1 saturated heterocycles. The van der Waals surface area contributed by atoms with Crippen molar-refractivity contribution in [1.82, 2.24) is 0 Å². The largest absolute Gasteiger partial charge is 0.388 e. The molecule has 0 amide bonds. The van der Waals surface area contributed by atoms with Crippen molar-refractivity contribution in [3.8, 4) is 0 Å². The van der Waals surface area contributed by atoms with Crippen LogP contribution < -0.4 is 4.90 Å². The molecule has 0 bridgehead atoms. The fraction of sp³-hybridized carbons (Fsp3) is 0.625. The summed E-state index contributed by atoms with van der Waals surface area (Å²) in [6.45, 7) is 8.99. The maximum atomic E-state index is 9.79. The number of rotatable bonds is 3. The summed E-state index contributed by atoms with van der Waals surface area (Å²) in [5, 5.41) is 9.79. The minimum atomic E-state index is -0.320. The number of hydrogen-bond acceptors (Lipinski definition) is 2. The van der Waals surface area contributed by atoms with E-state index in [0.29, 0.717) is 5.41 Å². The third-order valence-electron chi connectivity index (χ3n) is 4.15. The van der Waals surface area contributed by atoms with Gasteiger partial charge in [-0.25, -0.2) is 0 Å². The van der Waals surface area contributed by atoms with Gasteiger partial charge in [0.05, 0.1) is 6.10 Å². The third kappa shape index (κ3) is 3.05. The van der Waals surface area contributed by atoms with Crippen molar-refractivity contribution >= 4 is 5.69 Å². The Bertz CT molecular complexity index is 373. The van der Waals surface area contributed by atoms with Crippen LogP contribution in [0.4, 0.5) is 5.69 Å². The smallest absolute Gasteiger partial charge is 0.0787 e. The van der Waals surface area contributed by atoms with Gasteiger partial charge in [0.25, 0.3) is 0 Å². The van der Waals surface area contributed by atoms with Crippen LogP contribution in [-0.4, -0.2) is 18.2 Å². The van der Waals surface area contributed by atoms with Crippen LogP contribution in [-0.2, 0) is 0 Å². The first-order valence-corrected chi connectivity index (χ1v) is 7.05. The lowest BCUT2D eigenvalue weighted by molar-refractivity contribution is 0.173. The number of anilines is 1. The van der Waals surface area contributed by atoms with Crippen molar-refractivity contribution < 1.29 is 5.11 Å². The van der Waals surface area contributed by atoms with Gasteiger partial charge >= 0.3 is 0 Å². The first-order chi connectivity index (χ1) is 8.52. The standard InChI is InChI=1S/C16H25NO/c1-4-15(18)13-5-7-14(8-6-13)17-11-9-16(2,3)10-12-17/h5-8,15,18H,4,9-12H2,1-3H3/t15-/m1/s1. The molecule has 0 saturated carbocycles. The molecule has 100 valence electrons. The van der Waals surface area contributed by atoms with Crippen molar-refractivity contribution in [2.24, 2.45) is 5.41 Å². The summed E-state index contributed by atoms with van der Waals surface area (Å²) in [5.74, 6) is 0. The summed E-state index contributed by atoms with van der Waals surface area (Å²) >= 11 is 0. The summed E-state index contributed by atoms with van der Waals surface area (Å²) in [4.78, 5) is 2.45. The van der Waals surface area contributed by atoms with E-state index < -0.39 is 0 Å². The molecular formula is C16H25NO. The molecule has 1 aliphatic rings. The normalized spacial score (nSPS) is 20.8. The topological polar surface area (TPSA) is 23.5 Å². The Morgan fingerprint density at radius 3 is 2.22 bits per heavy atom. The average Bonchev–Trinajstić information content (AvgIpc) is 2.38. The highest BCUT2D eigenvalue weighted by atomic mass is 16.3. The SMILES string of the molecule is CC[C@@H](O)c1ccc(N2CCC(C)(C)CC2)cc1. The van der Waals surface area contributed by atoms with Gasteiger partial charge < -0.3 is 10.0 Å². The van der Waals surface area contributed by atoms with Gasteiger partial charge in [-0.2, -0.15) is 0 Å². The zero-order chi connectivity index (χ0) is 13.2. The van der Waals surface area contributed by atoms with Crippen LogP contribution >= 0.6 is 0 Å². The summed E-state index contributed by atoms with van der Waals surface area (Å²) in [7, 11) is 0. The Labute approximate surface area is 111 Å². The van der Waals surface area contributed by atoms with Crippen molar-refractivity contribution in [1.29, 1.82) is 0 Å².